The first-order valence-corrected chi connectivity index (χ1v) is 26.8. The van der Waals surface area contributed by atoms with Gasteiger partial charge in [0.05, 0.1) is 35.8 Å². The largest absolute Gasteiger partial charge is 0.464 e. The van der Waals surface area contributed by atoms with Gasteiger partial charge in [-0.2, -0.15) is 13.2 Å². The van der Waals surface area contributed by atoms with Crippen LogP contribution >= 0.6 is 0 Å². The molecule has 6 aliphatic heterocycles. The quantitative estimate of drug-likeness (QED) is 0.152. The maximum absolute atomic E-state index is 15.1. The van der Waals surface area contributed by atoms with Crippen molar-refractivity contribution in [2.45, 2.75) is 160 Å². The second-order valence-electron chi connectivity index (χ2n) is 23.3. The van der Waals surface area contributed by atoms with Crippen LogP contribution in [0.25, 0.3) is 27.9 Å². The van der Waals surface area contributed by atoms with Gasteiger partial charge in [0.1, 0.15) is 30.9 Å². The third-order valence-corrected chi connectivity index (χ3v) is 17.2. The molecule has 2 aromatic heterocycles. The summed E-state index contributed by atoms with van der Waals surface area (Å²) in [6.45, 7) is 7.48. The number of benzene rings is 1. The molecule has 16 nitrogen and oxygen atoms in total. The molecule has 3 amide bonds. The van der Waals surface area contributed by atoms with Crippen LogP contribution in [0.2, 0.25) is 0 Å². The Morgan fingerprint density at radius 1 is 1.03 bits per heavy atom. The molecular weight excluding hydrogens is 944 g/mol. The van der Waals surface area contributed by atoms with Gasteiger partial charge >= 0.3 is 12.1 Å². The number of aliphatic imine (C=N–C) groups is 1. The highest BCUT2D eigenvalue weighted by atomic mass is 19.4. The van der Waals surface area contributed by atoms with Crippen LogP contribution in [0, 0.1) is 22.7 Å². The summed E-state index contributed by atoms with van der Waals surface area (Å²) < 4.78 is 63.5. The van der Waals surface area contributed by atoms with E-state index in [1.54, 1.807) is 31.5 Å². The minimum absolute atomic E-state index is 0.0280. The van der Waals surface area contributed by atoms with E-state index in [1.807, 2.05) is 25.7 Å². The number of nitrogens with zero attached hydrogens (tertiary/aromatic N) is 6. The lowest BCUT2D eigenvalue weighted by Crippen LogP contribution is -2.62. The average molecular weight is 1010 g/mol. The zero-order valence-corrected chi connectivity index (χ0v) is 42.5. The van der Waals surface area contributed by atoms with Crippen LogP contribution in [0.3, 0.4) is 0 Å². The number of halogens is 3. The van der Waals surface area contributed by atoms with E-state index in [0.717, 1.165) is 45.1 Å². The Morgan fingerprint density at radius 3 is 2.59 bits per heavy atom. The number of hydrogen-bond donors (Lipinski definition) is 3. The number of nitrogens with one attached hydrogen (secondary N) is 3. The van der Waals surface area contributed by atoms with Crippen LogP contribution in [-0.2, 0) is 48.0 Å². The molecule has 3 N–H and O–H groups in total. The van der Waals surface area contributed by atoms with Crippen LogP contribution in [0.4, 0.5) is 13.2 Å². The number of oxazole rings is 1. The highest BCUT2D eigenvalue weighted by Crippen LogP contribution is 2.46. The van der Waals surface area contributed by atoms with Crippen molar-refractivity contribution in [1.29, 1.82) is 0 Å². The first-order chi connectivity index (χ1) is 35.0. The number of amides is 3. The Kier molecular flexibility index (Phi) is 13.4. The van der Waals surface area contributed by atoms with Gasteiger partial charge in [0.15, 0.2) is 0 Å². The van der Waals surface area contributed by atoms with E-state index in [4.69, 9.17) is 18.9 Å². The number of cyclic esters (lactones) is 1. The summed E-state index contributed by atoms with van der Waals surface area (Å²) in [5.41, 5.74) is 5.82. The standard InChI is InChI=1S/C54H70F3N9O7/c1-31(71-4)42-36(11-7-19-58-42)46-38-25-52(2,3)30-73-51(70)39-12-8-20-66(62-39)49(68)40(24-35-26-72-48(59-35)34-15-16-41(37(38)23-34)65(46)29-54(55,56)57)60-47(67)45(33-9-5-6-10-33)63-21-17-53(27-63)18-22-64(28-53)50(69)44-43(61-44)32-13-14-32/h15-16,19,23,26,31-33,39-40,43-45,61-62H,5-14,17-18,20-22,24-25,27-30H2,1-4H3,(H,60,67)/t31-,39-,40-,43+,44+,45-,53-/m0/s1. The first kappa shape index (κ1) is 50.1. The molecule has 0 radical (unpaired) electrons. The Morgan fingerprint density at radius 2 is 1.82 bits per heavy atom. The zero-order chi connectivity index (χ0) is 51.0. The summed E-state index contributed by atoms with van der Waals surface area (Å²) in [7, 11) is 1.55. The molecule has 6 fully saturated rings. The van der Waals surface area contributed by atoms with Gasteiger partial charge in [0.2, 0.25) is 17.7 Å². The monoisotopic (exact) mass is 1010 g/mol. The van der Waals surface area contributed by atoms with Gasteiger partial charge in [-0.1, -0.05) is 26.7 Å². The SMILES string of the molecule is CO[C@@H](C)C1=C(c2c3c4cc(ccc4n2CC(F)(F)F)-c2nc(co2)C[C@H](NC(=O)[C@H](C2CCCC2)N2CC[C@]4(CCN(C(=O)[C@@H]5N[C@@H]5C5CC5)C4)C2)C(=O)N2CCC[C@H](N2)C(=O)OCC(C)(C)C3)CCC=N1. The lowest BCUT2D eigenvalue weighted by atomic mass is 9.83. The fourth-order valence-corrected chi connectivity index (χ4v) is 13.2. The molecule has 6 bridgehead atoms. The Bertz CT molecular complexity index is 2700. The van der Waals surface area contributed by atoms with Crippen molar-refractivity contribution >= 4 is 46.4 Å². The van der Waals surface area contributed by atoms with Crippen molar-refractivity contribution in [2.75, 3.05) is 46.4 Å². The number of methoxy groups -OCH3 is 1. The highest BCUT2D eigenvalue weighted by molar-refractivity contribution is 5.95. The molecule has 19 heteroatoms. The number of rotatable bonds is 10. The second-order valence-corrected chi connectivity index (χ2v) is 23.3. The van der Waals surface area contributed by atoms with E-state index >= 15 is 4.79 Å². The predicted molar refractivity (Wildman–Crippen MR) is 266 cm³/mol. The Hall–Kier alpha value is -5.11. The number of alkyl halides is 3. The van der Waals surface area contributed by atoms with Gasteiger partial charge in [-0.15, -0.1) is 0 Å². The molecule has 1 spiro atoms. The summed E-state index contributed by atoms with van der Waals surface area (Å²) in [6.07, 6.45) is 8.25. The van der Waals surface area contributed by atoms with E-state index < -0.39 is 54.2 Å². The highest BCUT2D eigenvalue weighted by Gasteiger charge is 2.55. The predicted octanol–water partition coefficient (Wildman–Crippen LogP) is 6.35. The van der Waals surface area contributed by atoms with Gasteiger partial charge in [-0.3, -0.25) is 39.4 Å². The maximum Gasteiger partial charge on any atom is 0.406 e. The third kappa shape index (κ3) is 10.2. The van der Waals surface area contributed by atoms with E-state index in [0.29, 0.717) is 109 Å². The van der Waals surface area contributed by atoms with Crippen molar-refractivity contribution in [1.82, 2.24) is 40.4 Å². The van der Waals surface area contributed by atoms with Gasteiger partial charge < -0.3 is 28.7 Å². The van der Waals surface area contributed by atoms with E-state index in [2.05, 4.69) is 26.0 Å². The summed E-state index contributed by atoms with van der Waals surface area (Å²) in [4.78, 5) is 71.5. The molecule has 11 rings (SSSR count). The topological polar surface area (TPSA) is 186 Å². The normalized spacial score (nSPS) is 29.0. The molecule has 8 aliphatic rings. The minimum atomic E-state index is -4.57. The van der Waals surface area contributed by atoms with Gasteiger partial charge in [-0.25, -0.2) is 10.4 Å². The molecule has 4 saturated heterocycles. The van der Waals surface area contributed by atoms with Crippen molar-refractivity contribution in [3.63, 3.8) is 0 Å². The third-order valence-electron chi connectivity index (χ3n) is 17.2. The number of allylic oxidation sites excluding steroid dienone is 1. The van der Waals surface area contributed by atoms with E-state index in [1.165, 1.54) is 28.7 Å². The van der Waals surface area contributed by atoms with Crippen molar-refractivity contribution in [3.05, 3.63) is 47.1 Å². The summed E-state index contributed by atoms with van der Waals surface area (Å²) in [6, 6.07) is 2.98. The number of likely N-dealkylation sites (tertiary alicyclic amines) is 2. The minimum Gasteiger partial charge on any atom is -0.464 e. The van der Waals surface area contributed by atoms with Crippen molar-refractivity contribution in [3.8, 4) is 11.5 Å². The molecule has 394 valence electrons. The number of ether oxygens (including phenoxy) is 2. The number of esters is 1. The maximum atomic E-state index is 15.1. The summed E-state index contributed by atoms with van der Waals surface area (Å²) >= 11 is 0. The Balaban J connectivity index is 0.924. The Labute approximate surface area is 424 Å². The fraction of sp³-hybridized carbons (Fsp3) is 0.667. The molecule has 8 heterocycles. The van der Waals surface area contributed by atoms with Crippen LogP contribution in [-0.4, -0.2) is 143 Å². The van der Waals surface area contributed by atoms with E-state index in [9.17, 15) is 27.6 Å². The lowest BCUT2D eigenvalue weighted by molar-refractivity contribution is -0.155. The van der Waals surface area contributed by atoms with Crippen LogP contribution in [0.1, 0.15) is 115 Å². The van der Waals surface area contributed by atoms with E-state index in [-0.39, 0.29) is 54.5 Å². The van der Waals surface area contributed by atoms with Crippen LogP contribution in [0.5, 0.6) is 0 Å². The van der Waals surface area contributed by atoms with Crippen LogP contribution in [0.15, 0.2) is 39.6 Å². The average Bonchev–Trinajstić information content (AvgIpc) is 4.04. The summed E-state index contributed by atoms with van der Waals surface area (Å²) in [5.74, 6) is -0.0657. The number of carbonyl (C=O) groups is 4. The van der Waals surface area contributed by atoms with Crippen LogP contribution < -0.4 is 16.1 Å². The second kappa shape index (κ2) is 19.5. The number of carbonyl (C=O) groups excluding carboxylic acids is 4. The number of hydrazine groups is 1. The number of aromatic nitrogens is 2. The molecule has 3 aromatic rings. The van der Waals surface area contributed by atoms with Gasteiger partial charge in [-0.05, 0) is 120 Å². The number of hydrogen-bond acceptors (Lipinski definition) is 12. The molecular formula is C54H70F3N9O7. The molecule has 2 aliphatic carbocycles. The molecule has 1 aromatic carbocycles. The number of fused-ring (bicyclic) bond motifs is 6. The van der Waals surface area contributed by atoms with Crippen molar-refractivity contribution in [2.24, 2.45) is 27.7 Å². The fourth-order valence-electron chi connectivity index (χ4n) is 13.2. The van der Waals surface area contributed by atoms with Gasteiger partial charge in [0.25, 0.3) is 5.91 Å². The first-order valence-electron chi connectivity index (χ1n) is 26.8. The molecule has 0 unspecified atom stereocenters. The molecule has 73 heavy (non-hydrogen) atoms. The lowest BCUT2D eigenvalue weighted by Gasteiger charge is -2.37. The molecule has 7 atom stereocenters. The zero-order valence-electron chi connectivity index (χ0n) is 42.5. The smallest absolute Gasteiger partial charge is 0.406 e. The summed E-state index contributed by atoms with van der Waals surface area (Å²) in [5, 5.41) is 8.63. The molecule has 2 saturated carbocycles. The van der Waals surface area contributed by atoms with Gasteiger partial charge in [0, 0.05) is 84.8 Å². The van der Waals surface area contributed by atoms with Crippen molar-refractivity contribution < 1.29 is 46.2 Å².